The van der Waals surface area contributed by atoms with Gasteiger partial charge in [0.25, 0.3) is 0 Å². The van der Waals surface area contributed by atoms with Crippen LogP contribution in [-0.4, -0.2) is 16.7 Å². The Bertz CT molecular complexity index is 1340. The molecule has 1 heterocycles. The molecule has 3 nitrogen and oxygen atoms in total. The number of aromatic nitrogens is 2. The molecule has 5 aromatic rings. The van der Waals surface area contributed by atoms with Crippen molar-refractivity contribution < 1.29 is 0 Å². The first kappa shape index (κ1) is 22.4. The van der Waals surface area contributed by atoms with Gasteiger partial charge in [-0.2, -0.15) is 10.2 Å². The van der Waals surface area contributed by atoms with Gasteiger partial charge in [0.05, 0.1) is 17.4 Å². The maximum absolute atomic E-state index is 6.18. The third-order valence-corrected chi connectivity index (χ3v) is 6.48. The number of rotatable bonds is 7. The highest BCUT2D eigenvalue weighted by Gasteiger charge is 2.18. The molecule has 0 aliphatic rings. The smallest absolute Gasteiger partial charge is 0.0950 e. The molecule has 0 amide bonds. The summed E-state index contributed by atoms with van der Waals surface area (Å²) < 4.78 is 0. The van der Waals surface area contributed by atoms with Crippen molar-refractivity contribution in [1.82, 2.24) is 10.2 Å². The predicted octanol–water partition coefficient (Wildman–Crippen LogP) is 7.77. The van der Waals surface area contributed by atoms with Crippen LogP contribution >= 0.6 is 23.2 Å². The van der Waals surface area contributed by atoms with E-state index in [-0.39, 0.29) is 5.92 Å². The number of benzene rings is 4. The van der Waals surface area contributed by atoms with Crippen molar-refractivity contribution in [3.8, 4) is 0 Å². The van der Waals surface area contributed by atoms with E-state index in [1.807, 2.05) is 36.4 Å². The molecule has 1 aromatic heterocycles. The van der Waals surface area contributed by atoms with Gasteiger partial charge < -0.3 is 5.32 Å². The first-order valence-electron chi connectivity index (χ1n) is 11.2. The van der Waals surface area contributed by atoms with E-state index in [1.165, 1.54) is 5.56 Å². The van der Waals surface area contributed by atoms with E-state index < -0.39 is 0 Å². The highest BCUT2D eigenvalue weighted by atomic mass is 35.5. The molecule has 5 heteroatoms. The quantitative estimate of drug-likeness (QED) is 0.240. The summed E-state index contributed by atoms with van der Waals surface area (Å²) >= 11 is 12.4. The Morgan fingerprint density at radius 1 is 0.706 bits per heavy atom. The molecule has 4 aromatic carbocycles. The van der Waals surface area contributed by atoms with Crippen LogP contribution in [-0.2, 0) is 6.42 Å². The lowest BCUT2D eigenvalue weighted by Gasteiger charge is -2.20. The molecule has 0 unspecified atom stereocenters. The second-order valence-corrected chi connectivity index (χ2v) is 9.11. The van der Waals surface area contributed by atoms with Crippen molar-refractivity contribution in [3.63, 3.8) is 0 Å². The fourth-order valence-electron chi connectivity index (χ4n) is 4.27. The van der Waals surface area contributed by atoms with Crippen molar-refractivity contribution >= 4 is 39.8 Å². The summed E-state index contributed by atoms with van der Waals surface area (Å²) in [5, 5.41) is 14.6. The third-order valence-electron chi connectivity index (χ3n) is 5.98. The van der Waals surface area contributed by atoms with Gasteiger partial charge in [0.15, 0.2) is 0 Å². The summed E-state index contributed by atoms with van der Waals surface area (Å²) in [7, 11) is 0. The monoisotopic (exact) mass is 483 g/mol. The summed E-state index contributed by atoms with van der Waals surface area (Å²) in [6, 6.07) is 32.9. The van der Waals surface area contributed by atoms with Gasteiger partial charge in [-0.1, -0.05) is 83.9 Å². The fraction of sp³-hybridized carbons (Fsp3) is 0.103. The van der Waals surface area contributed by atoms with E-state index >= 15 is 0 Å². The van der Waals surface area contributed by atoms with Gasteiger partial charge in [0.2, 0.25) is 0 Å². The molecule has 5 rings (SSSR count). The van der Waals surface area contributed by atoms with Crippen LogP contribution in [0.15, 0.2) is 103 Å². The Morgan fingerprint density at radius 3 is 1.97 bits per heavy atom. The highest BCUT2D eigenvalue weighted by molar-refractivity contribution is 6.30. The lowest BCUT2D eigenvalue weighted by molar-refractivity contribution is 0.976. The van der Waals surface area contributed by atoms with Gasteiger partial charge in [-0.3, -0.25) is 0 Å². The van der Waals surface area contributed by atoms with Crippen molar-refractivity contribution in [3.05, 3.63) is 136 Å². The molecule has 0 aliphatic carbocycles. The molecule has 0 aliphatic heterocycles. The standard InChI is InChI=1S/C29H23Cl2N3/c30-24-11-6-21(7-12-24)29(22-8-13-25(31)14-9-22)23-10-15-27-26(18-23)28(19-33-34-27)32-17-16-20-4-2-1-3-5-20/h1-15,18-19,29H,16-17H2,(H,32,34). The average molecular weight is 484 g/mol. The second-order valence-electron chi connectivity index (χ2n) is 8.23. The van der Waals surface area contributed by atoms with E-state index in [2.05, 4.69) is 76.2 Å². The zero-order valence-corrected chi connectivity index (χ0v) is 20.0. The molecule has 0 radical (unpaired) electrons. The number of anilines is 1. The minimum Gasteiger partial charge on any atom is -0.383 e. The van der Waals surface area contributed by atoms with Crippen LogP contribution in [0.5, 0.6) is 0 Å². The number of nitrogens with one attached hydrogen (secondary N) is 1. The van der Waals surface area contributed by atoms with E-state index in [0.29, 0.717) is 0 Å². The van der Waals surface area contributed by atoms with Crippen LogP contribution < -0.4 is 5.32 Å². The summed E-state index contributed by atoms with van der Waals surface area (Å²) in [5.74, 6) is 0.0317. The molecule has 168 valence electrons. The molecule has 0 spiro atoms. The molecular weight excluding hydrogens is 461 g/mol. The van der Waals surface area contributed by atoms with Gasteiger partial charge in [0, 0.05) is 27.9 Å². The minimum absolute atomic E-state index is 0.0317. The molecule has 0 atom stereocenters. The maximum atomic E-state index is 6.18. The Kier molecular flexibility index (Phi) is 6.75. The van der Waals surface area contributed by atoms with Crippen molar-refractivity contribution in [1.29, 1.82) is 0 Å². The SMILES string of the molecule is Clc1ccc(C(c2ccc(Cl)cc2)c2ccc3nncc(NCCc4ccccc4)c3c2)cc1. The van der Waals surface area contributed by atoms with Crippen molar-refractivity contribution in [2.45, 2.75) is 12.3 Å². The third kappa shape index (κ3) is 5.06. The fourth-order valence-corrected chi connectivity index (χ4v) is 4.52. The van der Waals surface area contributed by atoms with Crippen LogP contribution in [0.4, 0.5) is 5.69 Å². The lowest BCUT2D eigenvalue weighted by atomic mass is 9.84. The highest BCUT2D eigenvalue weighted by Crippen LogP contribution is 2.35. The predicted molar refractivity (Wildman–Crippen MR) is 142 cm³/mol. The Labute approximate surface area is 209 Å². The second kappa shape index (κ2) is 10.3. The first-order valence-corrected chi connectivity index (χ1v) is 12.0. The number of hydrogen-bond acceptors (Lipinski definition) is 3. The van der Waals surface area contributed by atoms with E-state index in [1.54, 1.807) is 6.20 Å². The number of nitrogens with zero attached hydrogens (tertiary/aromatic N) is 2. The number of halogens is 2. The Hall–Kier alpha value is -3.40. The molecule has 1 N–H and O–H groups in total. The summed E-state index contributed by atoms with van der Waals surface area (Å²) in [6.07, 6.45) is 2.74. The van der Waals surface area contributed by atoms with Crippen LogP contribution in [0.1, 0.15) is 28.2 Å². The molecule has 0 saturated heterocycles. The summed E-state index contributed by atoms with van der Waals surface area (Å²) in [4.78, 5) is 0. The average Bonchev–Trinajstić information content (AvgIpc) is 2.87. The summed E-state index contributed by atoms with van der Waals surface area (Å²) in [5.41, 5.74) is 6.62. The van der Waals surface area contributed by atoms with Gasteiger partial charge in [0.1, 0.15) is 0 Å². The van der Waals surface area contributed by atoms with Gasteiger partial charge in [-0.05, 0) is 65.1 Å². The maximum Gasteiger partial charge on any atom is 0.0950 e. The van der Waals surface area contributed by atoms with Gasteiger partial charge in [-0.15, -0.1) is 0 Å². The number of fused-ring (bicyclic) bond motifs is 1. The van der Waals surface area contributed by atoms with E-state index in [9.17, 15) is 0 Å². The molecule has 0 bridgehead atoms. The normalized spacial score (nSPS) is 11.1. The first-order chi connectivity index (χ1) is 16.7. The largest absolute Gasteiger partial charge is 0.383 e. The van der Waals surface area contributed by atoms with E-state index in [0.717, 1.165) is 56.3 Å². The van der Waals surface area contributed by atoms with Crippen molar-refractivity contribution in [2.24, 2.45) is 0 Å². The zero-order chi connectivity index (χ0) is 23.3. The van der Waals surface area contributed by atoms with Crippen LogP contribution in [0.2, 0.25) is 10.0 Å². The molecule has 34 heavy (non-hydrogen) atoms. The summed E-state index contributed by atoms with van der Waals surface area (Å²) in [6.45, 7) is 0.812. The van der Waals surface area contributed by atoms with E-state index in [4.69, 9.17) is 23.2 Å². The van der Waals surface area contributed by atoms with Gasteiger partial charge in [-0.25, -0.2) is 0 Å². The molecule has 0 saturated carbocycles. The van der Waals surface area contributed by atoms with Crippen LogP contribution in [0.3, 0.4) is 0 Å². The van der Waals surface area contributed by atoms with Gasteiger partial charge >= 0.3 is 0 Å². The van der Waals surface area contributed by atoms with Crippen LogP contribution in [0, 0.1) is 0 Å². The Morgan fingerprint density at radius 2 is 1.32 bits per heavy atom. The molecule has 0 fully saturated rings. The van der Waals surface area contributed by atoms with Crippen LogP contribution in [0.25, 0.3) is 10.9 Å². The lowest BCUT2D eigenvalue weighted by Crippen LogP contribution is -2.07. The minimum atomic E-state index is 0.0317. The number of hydrogen-bond donors (Lipinski definition) is 1. The van der Waals surface area contributed by atoms with Crippen molar-refractivity contribution in [2.75, 3.05) is 11.9 Å². The zero-order valence-electron chi connectivity index (χ0n) is 18.5. The molecular formula is C29H23Cl2N3. The topological polar surface area (TPSA) is 37.8 Å². The Balaban J connectivity index is 1.51.